The summed E-state index contributed by atoms with van der Waals surface area (Å²) in [5.74, 6) is 0.0362. The topological polar surface area (TPSA) is 72.0 Å². The zero-order valence-electron chi connectivity index (χ0n) is 9.90. The van der Waals surface area contributed by atoms with E-state index >= 15 is 0 Å². The third-order valence-corrected chi connectivity index (χ3v) is 3.88. The first-order valence-corrected chi connectivity index (χ1v) is 6.67. The summed E-state index contributed by atoms with van der Waals surface area (Å²) in [6.07, 6.45) is 2.16. The van der Waals surface area contributed by atoms with Crippen molar-refractivity contribution in [3.63, 3.8) is 0 Å². The smallest absolute Gasteiger partial charge is 0.165 e. The van der Waals surface area contributed by atoms with Crippen molar-refractivity contribution in [3.05, 3.63) is 34.2 Å². The monoisotopic (exact) mass is 323 g/mol. The number of phenols is 1. The molecule has 1 aromatic heterocycles. The maximum atomic E-state index is 13.4. The van der Waals surface area contributed by atoms with Crippen LogP contribution in [-0.4, -0.2) is 15.1 Å². The van der Waals surface area contributed by atoms with Crippen LogP contribution in [0.1, 0.15) is 24.5 Å². The van der Waals surface area contributed by atoms with Crippen molar-refractivity contribution in [1.29, 1.82) is 0 Å². The molecule has 0 unspecified atom stereocenters. The van der Waals surface area contributed by atoms with Gasteiger partial charge in [-0.1, -0.05) is 0 Å². The van der Waals surface area contributed by atoms with Crippen molar-refractivity contribution >= 4 is 21.7 Å². The number of anilines is 1. The quantitative estimate of drug-likeness (QED) is 0.890. The van der Waals surface area contributed by atoms with Gasteiger partial charge in [0.2, 0.25) is 0 Å². The van der Waals surface area contributed by atoms with Crippen LogP contribution in [0.15, 0.2) is 22.7 Å². The van der Waals surface area contributed by atoms with E-state index < -0.39 is 11.6 Å². The van der Waals surface area contributed by atoms with E-state index in [-0.39, 0.29) is 0 Å². The van der Waals surface area contributed by atoms with Gasteiger partial charge in [-0.3, -0.25) is 0 Å². The van der Waals surface area contributed by atoms with Gasteiger partial charge < -0.3 is 10.8 Å². The van der Waals surface area contributed by atoms with Crippen LogP contribution in [-0.2, 0) is 0 Å². The summed E-state index contributed by atoms with van der Waals surface area (Å²) in [6, 6.07) is 4.05. The van der Waals surface area contributed by atoms with Crippen LogP contribution in [0.2, 0.25) is 0 Å². The Kier molecular flexibility index (Phi) is 2.89. The highest BCUT2D eigenvalue weighted by Crippen LogP contribution is 2.44. The standard InChI is InChI=1S/C13H11BrFN3O/c14-10-11(6-1-2-6)17-13(18-12(10)16)7-3-4-9(19)8(15)5-7/h3-6,19H,1-2H2,(H2,16,17,18). The molecule has 2 aromatic rings. The number of halogens is 2. The summed E-state index contributed by atoms with van der Waals surface area (Å²) in [7, 11) is 0. The number of phenolic OH excluding ortho intramolecular Hbond substituents is 1. The second-order valence-electron chi connectivity index (χ2n) is 4.57. The molecule has 1 aromatic carbocycles. The fraction of sp³-hybridized carbons (Fsp3) is 0.231. The Labute approximate surface area is 117 Å². The number of hydrogen-bond acceptors (Lipinski definition) is 4. The molecule has 1 fully saturated rings. The zero-order chi connectivity index (χ0) is 13.6. The lowest BCUT2D eigenvalue weighted by Crippen LogP contribution is -2.02. The first kappa shape index (κ1) is 12.3. The molecule has 0 atom stereocenters. The van der Waals surface area contributed by atoms with E-state index in [4.69, 9.17) is 5.73 Å². The van der Waals surface area contributed by atoms with Crippen LogP contribution in [0.3, 0.4) is 0 Å². The molecule has 3 N–H and O–H groups in total. The SMILES string of the molecule is Nc1nc(-c2ccc(O)c(F)c2)nc(C2CC2)c1Br. The van der Waals surface area contributed by atoms with Crippen molar-refractivity contribution in [1.82, 2.24) is 9.97 Å². The van der Waals surface area contributed by atoms with Gasteiger partial charge in [0.25, 0.3) is 0 Å². The molecule has 4 nitrogen and oxygen atoms in total. The summed E-state index contributed by atoms with van der Waals surface area (Å²) in [4.78, 5) is 8.61. The minimum Gasteiger partial charge on any atom is -0.505 e. The Balaban J connectivity index is 2.11. The van der Waals surface area contributed by atoms with Gasteiger partial charge in [-0.15, -0.1) is 0 Å². The molecule has 0 aliphatic heterocycles. The highest BCUT2D eigenvalue weighted by atomic mass is 79.9. The lowest BCUT2D eigenvalue weighted by atomic mass is 10.2. The summed E-state index contributed by atoms with van der Waals surface area (Å²) in [6.45, 7) is 0. The summed E-state index contributed by atoms with van der Waals surface area (Å²) in [5, 5.41) is 9.19. The number of nitrogen functional groups attached to an aromatic ring is 1. The van der Waals surface area contributed by atoms with E-state index in [0.29, 0.717) is 23.1 Å². The van der Waals surface area contributed by atoms with Crippen LogP contribution in [0.4, 0.5) is 10.2 Å². The van der Waals surface area contributed by atoms with E-state index in [1.165, 1.54) is 12.1 Å². The maximum absolute atomic E-state index is 13.4. The minimum absolute atomic E-state index is 0.348. The Morgan fingerprint density at radius 1 is 1.32 bits per heavy atom. The number of nitrogens with zero attached hydrogens (tertiary/aromatic N) is 2. The molecule has 3 rings (SSSR count). The third kappa shape index (κ3) is 2.28. The summed E-state index contributed by atoms with van der Waals surface area (Å²) in [5.41, 5.74) is 7.22. The number of rotatable bonds is 2. The lowest BCUT2D eigenvalue weighted by molar-refractivity contribution is 0.432. The van der Waals surface area contributed by atoms with Crippen molar-refractivity contribution in [2.75, 3.05) is 5.73 Å². The fourth-order valence-corrected chi connectivity index (χ4v) is 2.39. The number of hydrogen-bond donors (Lipinski definition) is 2. The normalized spacial score (nSPS) is 14.6. The van der Waals surface area contributed by atoms with E-state index in [9.17, 15) is 9.50 Å². The molecule has 19 heavy (non-hydrogen) atoms. The second-order valence-corrected chi connectivity index (χ2v) is 5.37. The van der Waals surface area contributed by atoms with Gasteiger partial charge in [0.15, 0.2) is 17.4 Å². The molecule has 6 heteroatoms. The highest BCUT2D eigenvalue weighted by Gasteiger charge is 2.29. The predicted molar refractivity (Wildman–Crippen MR) is 73.2 cm³/mol. The molecule has 1 heterocycles. The van der Waals surface area contributed by atoms with Crippen molar-refractivity contribution in [2.45, 2.75) is 18.8 Å². The fourth-order valence-electron chi connectivity index (χ4n) is 1.88. The largest absolute Gasteiger partial charge is 0.505 e. The molecule has 0 radical (unpaired) electrons. The van der Waals surface area contributed by atoms with Crippen molar-refractivity contribution in [3.8, 4) is 17.1 Å². The molecule has 1 aliphatic rings. The number of aromatic nitrogens is 2. The van der Waals surface area contributed by atoms with Gasteiger partial charge in [0.1, 0.15) is 5.82 Å². The zero-order valence-corrected chi connectivity index (χ0v) is 11.5. The molecular weight excluding hydrogens is 313 g/mol. The Morgan fingerprint density at radius 3 is 2.68 bits per heavy atom. The Morgan fingerprint density at radius 2 is 2.05 bits per heavy atom. The average molecular weight is 324 g/mol. The first-order valence-electron chi connectivity index (χ1n) is 5.88. The third-order valence-electron chi connectivity index (χ3n) is 3.07. The Hall–Kier alpha value is -1.69. The number of benzene rings is 1. The van der Waals surface area contributed by atoms with Crippen LogP contribution < -0.4 is 5.73 Å². The van der Waals surface area contributed by atoms with E-state index in [0.717, 1.165) is 23.0 Å². The summed E-state index contributed by atoms with van der Waals surface area (Å²) < 4.78 is 14.1. The van der Waals surface area contributed by atoms with Gasteiger partial charge in [0, 0.05) is 11.5 Å². The summed E-state index contributed by atoms with van der Waals surface area (Å²) >= 11 is 3.39. The molecule has 0 saturated heterocycles. The molecule has 0 spiro atoms. The van der Waals surface area contributed by atoms with Gasteiger partial charge in [-0.25, -0.2) is 14.4 Å². The number of aromatic hydroxyl groups is 1. The van der Waals surface area contributed by atoms with E-state index in [1.807, 2.05) is 0 Å². The molecule has 1 aliphatic carbocycles. The van der Waals surface area contributed by atoms with Crippen LogP contribution in [0, 0.1) is 5.82 Å². The molecule has 0 amide bonds. The van der Waals surface area contributed by atoms with Gasteiger partial charge >= 0.3 is 0 Å². The van der Waals surface area contributed by atoms with Crippen molar-refractivity contribution < 1.29 is 9.50 Å². The predicted octanol–water partition coefficient (Wildman–Crippen LogP) is 3.21. The van der Waals surface area contributed by atoms with Gasteiger partial charge in [-0.05, 0) is 47.0 Å². The molecule has 98 valence electrons. The van der Waals surface area contributed by atoms with Crippen LogP contribution >= 0.6 is 15.9 Å². The van der Waals surface area contributed by atoms with Gasteiger partial charge in [-0.2, -0.15) is 0 Å². The molecular formula is C13H11BrFN3O. The first-order chi connectivity index (χ1) is 9.06. The maximum Gasteiger partial charge on any atom is 0.165 e. The Bertz CT molecular complexity index is 659. The van der Waals surface area contributed by atoms with Gasteiger partial charge in [0.05, 0.1) is 10.2 Å². The molecule has 1 saturated carbocycles. The van der Waals surface area contributed by atoms with Crippen LogP contribution in [0.25, 0.3) is 11.4 Å². The van der Waals surface area contributed by atoms with E-state index in [1.54, 1.807) is 6.07 Å². The lowest BCUT2D eigenvalue weighted by Gasteiger charge is -2.08. The van der Waals surface area contributed by atoms with Crippen molar-refractivity contribution in [2.24, 2.45) is 0 Å². The number of nitrogens with two attached hydrogens (primary N) is 1. The average Bonchev–Trinajstić information content (AvgIpc) is 3.20. The second kappa shape index (κ2) is 4.45. The van der Waals surface area contributed by atoms with Crippen LogP contribution in [0.5, 0.6) is 5.75 Å². The highest BCUT2D eigenvalue weighted by molar-refractivity contribution is 9.10. The van der Waals surface area contributed by atoms with E-state index in [2.05, 4.69) is 25.9 Å². The minimum atomic E-state index is -0.699. The molecule has 0 bridgehead atoms.